The average molecular weight is 314 g/mol. The van der Waals surface area contributed by atoms with Crippen molar-refractivity contribution in [2.24, 2.45) is 0 Å². The molecule has 0 radical (unpaired) electrons. The van der Waals surface area contributed by atoms with E-state index >= 15 is 0 Å². The molecule has 20 heavy (non-hydrogen) atoms. The van der Waals surface area contributed by atoms with Crippen LogP contribution in [0.25, 0.3) is 0 Å². The summed E-state index contributed by atoms with van der Waals surface area (Å²) in [6.07, 6.45) is 0. The number of nitrogen functional groups attached to an aromatic ring is 1. The van der Waals surface area contributed by atoms with E-state index in [2.05, 4.69) is 5.16 Å². The van der Waals surface area contributed by atoms with E-state index in [1.54, 1.807) is 20.0 Å². The largest absolute Gasteiger partial charge is 0.397 e. The van der Waals surface area contributed by atoms with E-state index in [1.807, 2.05) is 0 Å². The number of anilines is 1. The molecule has 5 nitrogen and oxygen atoms in total. The first-order valence-electron chi connectivity index (χ1n) is 5.80. The van der Waals surface area contributed by atoms with Crippen LogP contribution in [0.5, 0.6) is 0 Å². The standard InChI is InChI=1S/C13H13Cl2N3O2/c1-7-3-9(17-20-7)6-18(2)13(19)8-4-10(14)12(15)11(16)5-8/h3-5H,6,16H2,1-2H3. The Morgan fingerprint density at radius 3 is 2.65 bits per heavy atom. The summed E-state index contributed by atoms with van der Waals surface area (Å²) in [4.78, 5) is 13.8. The minimum atomic E-state index is -0.226. The van der Waals surface area contributed by atoms with Crippen LogP contribution < -0.4 is 5.73 Å². The molecule has 0 spiro atoms. The van der Waals surface area contributed by atoms with Gasteiger partial charge in [0.1, 0.15) is 11.5 Å². The van der Waals surface area contributed by atoms with Crippen molar-refractivity contribution in [3.8, 4) is 0 Å². The van der Waals surface area contributed by atoms with Gasteiger partial charge in [0.25, 0.3) is 5.91 Å². The summed E-state index contributed by atoms with van der Waals surface area (Å²) in [5, 5.41) is 4.34. The fraction of sp³-hybridized carbons (Fsp3) is 0.231. The molecule has 0 saturated heterocycles. The monoisotopic (exact) mass is 313 g/mol. The van der Waals surface area contributed by atoms with Gasteiger partial charge in [-0.2, -0.15) is 0 Å². The molecule has 2 aromatic rings. The van der Waals surface area contributed by atoms with Gasteiger partial charge in [-0.25, -0.2) is 0 Å². The number of aryl methyl sites for hydroxylation is 1. The van der Waals surface area contributed by atoms with Crippen LogP contribution in [0.3, 0.4) is 0 Å². The first-order valence-corrected chi connectivity index (χ1v) is 6.56. The Balaban J connectivity index is 2.18. The highest BCUT2D eigenvalue weighted by Gasteiger charge is 2.16. The smallest absolute Gasteiger partial charge is 0.254 e. The van der Waals surface area contributed by atoms with E-state index in [-0.39, 0.29) is 21.6 Å². The first kappa shape index (κ1) is 14.7. The Hall–Kier alpha value is -1.72. The second-order valence-corrected chi connectivity index (χ2v) is 5.24. The van der Waals surface area contributed by atoms with Gasteiger partial charge in [-0.1, -0.05) is 28.4 Å². The van der Waals surface area contributed by atoms with Crippen molar-refractivity contribution < 1.29 is 9.32 Å². The highest BCUT2D eigenvalue weighted by molar-refractivity contribution is 6.43. The minimum Gasteiger partial charge on any atom is -0.397 e. The molecule has 0 aliphatic carbocycles. The van der Waals surface area contributed by atoms with Crippen molar-refractivity contribution in [1.82, 2.24) is 10.1 Å². The number of aromatic nitrogens is 1. The van der Waals surface area contributed by atoms with Crippen molar-refractivity contribution in [1.29, 1.82) is 0 Å². The van der Waals surface area contributed by atoms with Gasteiger partial charge >= 0.3 is 0 Å². The molecule has 1 heterocycles. The maximum Gasteiger partial charge on any atom is 0.254 e. The number of hydrogen-bond donors (Lipinski definition) is 1. The Labute approximate surface area is 126 Å². The van der Waals surface area contributed by atoms with E-state index in [1.165, 1.54) is 17.0 Å². The van der Waals surface area contributed by atoms with E-state index in [0.29, 0.717) is 23.6 Å². The van der Waals surface area contributed by atoms with E-state index in [0.717, 1.165) is 0 Å². The zero-order valence-electron chi connectivity index (χ0n) is 11.0. The summed E-state index contributed by atoms with van der Waals surface area (Å²) in [5.41, 5.74) is 7.02. The van der Waals surface area contributed by atoms with Gasteiger partial charge in [-0.05, 0) is 19.1 Å². The second kappa shape index (κ2) is 5.73. The summed E-state index contributed by atoms with van der Waals surface area (Å²) < 4.78 is 4.96. The number of rotatable bonds is 3. The van der Waals surface area contributed by atoms with E-state index in [4.69, 9.17) is 33.5 Å². The average Bonchev–Trinajstić information content (AvgIpc) is 2.79. The molecule has 0 aliphatic rings. The Kier molecular flexibility index (Phi) is 4.20. The third kappa shape index (κ3) is 3.05. The van der Waals surface area contributed by atoms with E-state index < -0.39 is 0 Å². The number of hydrogen-bond acceptors (Lipinski definition) is 4. The Bertz CT molecular complexity index is 632. The second-order valence-electron chi connectivity index (χ2n) is 4.45. The molecule has 0 fully saturated rings. The molecule has 1 amide bonds. The van der Waals surface area contributed by atoms with Gasteiger partial charge in [0.15, 0.2) is 0 Å². The number of nitrogens with two attached hydrogens (primary N) is 1. The number of carbonyl (C=O) groups is 1. The van der Waals surface area contributed by atoms with Crippen LogP contribution in [-0.2, 0) is 6.54 Å². The normalized spacial score (nSPS) is 10.6. The van der Waals surface area contributed by atoms with Crippen molar-refractivity contribution >= 4 is 34.8 Å². The lowest BCUT2D eigenvalue weighted by molar-refractivity contribution is 0.0782. The maximum absolute atomic E-state index is 12.3. The molecular weight excluding hydrogens is 301 g/mol. The summed E-state index contributed by atoms with van der Waals surface area (Å²) in [7, 11) is 1.66. The summed E-state index contributed by atoms with van der Waals surface area (Å²) >= 11 is 11.8. The SMILES string of the molecule is Cc1cc(CN(C)C(=O)c2cc(N)c(Cl)c(Cl)c2)no1. The molecule has 7 heteroatoms. The molecular formula is C13H13Cl2N3O2. The predicted octanol–water partition coefficient (Wildman–Crippen LogP) is 3.14. The lowest BCUT2D eigenvalue weighted by Crippen LogP contribution is -2.26. The molecule has 0 atom stereocenters. The summed E-state index contributed by atoms with van der Waals surface area (Å²) in [5.74, 6) is 0.468. The number of amides is 1. The summed E-state index contributed by atoms with van der Waals surface area (Å²) in [6.45, 7) is 2.12. The van der Waals surface area contributed by atoms with Crippen LogP contribution in [-0.4, -0.2) is 23.0 Å². The molecule has 106 valence electrons. The Morgan fingerprint density at radius 2 is 2.10 bits per heavy atom. The minimum absolute atomic E-state index is 0.226. The molecule has 0 unspecified atom stereocenters. The third-order valence-corrected chi connectivity index (χ3v) is 3.54. The molecule has 0 aliphatic heterocycles. The quantitative estimate of drug-likeness (QED) is 0.883. The van der Waals surface area contributed by atoms with Gasteiger partial charge < -0.3 is 15.2 Å². The van der Waals surface area contributed by atoms with Crippen LogP contribution in [0.4, 0.5) is 5.69 Å². The van der Waals surface area contributed by atoms with Crippen molar-refractivity contribution in [3.63, 3.8) is 0 Å². The van der Waals surface area contributed by atoms with Gasteiger partial charge in [-0.15, -0.1) is 0 Å². The fourth-order valence-electron chi connectivity index (χ4n) is 1.76. The number of halogens is 2. The highest BCUT2D eigenvalue weighted by Crippen LogP contribution is 2.29. The maximum atomic E-state index is 12.3. The molecule has 2 rings (SSSR count). The van der Waals surface area contributed by atoms with Crippen LogP contribution >= 0.6 is 23.2 Å². The zero-order chi connectivity index (χ0) is 14.9. The molecule has 0 saturated carbocycles. The molecule has 1 aromatic heterocycles. The molecule has 1 aromatic carbocycles. The van der Waals surface area contributed by atoms with E-state index in [9.17, 15) is 4.79 Å². The topological polar surface area (TPSA) is 72.4 Å². The Morgan fingerprint density at radius 1 is 1.40 bits per heavy atom. The predicted molar refractivity (Wildman–Crippen MR) is 77.9 cm³/mol. The van der Waals surface area contributed by atoms with Crippen molar-refractivity contribution in [2.45, 2.75) is 13.5 Å². The number of carbonyl (C=O) groups excluding carboxylic acids is 1. The number of nitrogens with zero attached hydrogens (tertiary/aromatic N) is 2. The third-order valence-electron chi connectivity index (χ3n) is 2.73. The van der Waals surface area contributed by atoms with Crippen molar-refractivity contribution in [3.05, 3.63) is 45.3 Å². The number of benzene rings is 1. The van der Waals surface area contributed by atoms with Crippen molar-refractivity contribution in [2.75, 3.05) is 12.8 Å². The van der Waals surface area contributed by atoms with Gasteiger partial charge in [-0.3, -0.25) is 4.79 Å². The molecule has 0 bridgehead atoms. The van der Waals surface area contributed by atoms with Gasteiger partial charge in [0, 0.05) is 18.7 Å². The first-order chi connectivity index (χ1) is 9.38. The highest BCUT2D eigenvalue weighted by atomic mass is 35.5. The van der Waals surface area contributed by atoms with Gasteiger partial charge in [0.2, 0.25) is 0 Å². The van der Waals surface area contributed by atoms with Gasteiger partial charge in [0.05, 0.1) is 22.3 Å². The van der Waals surface area contributed by atoms with Crippen LogP contribution in [0.1, 0.15) is 21.8 Å². The lowest BCUT2D eigenvalue weighted by Gasteiger charge is -2.16. The van der Waals surface area contributed by atoms with Crippen LogP contribution in [0, 0.1) is 6.92 Å². The fourth-order valence-corrected chi connectivity index (χ4v) is 2.10. The lowest BCUT2D eigenvalue weighted by atomic mass is 10.1. The zero-order valence-corrected chi connectivity index (χ0v) is 12.5. The van der Waals surface area contributed by atoms with Crippen LogP contribution in [0.2, 0.25) is 10.0 Å². The summed E-state index contributed by atoms with van der Waals surface area (Å²) in [6, 6.07) is 4.77. The van der Waals surface area contributed by atoms with Crippen LogP contribution in [0.15, 0.2) is 22.7 Å². The molecule has 2 N–H and O–H groups in total.